The van der Waals surface area contributed by atoms with Crippen molar-refractivity contribution < 1.29 is 13.9 Å². The third kappa shape index (κ3) is 3.88. The first-order chi connectivity index (χ1) is 12.9. The number of nitrogens with zero attached hydrogens (tertiary/aromatic N) is 4. The summed E-state index contributed by atoms with van der Waals surface area (Å²) < 4.78 is 19.8. The van der Waals surface area contributed by atoms with Crippen molar-refractivity contribution in [2.45, 2.75) is 26.5 Å². The summed E-state index contributed by atoms with van der Waals surface area (Å²) in [6.45, 7) is 4.13. The number of hydrogen-bond donors (Lipinski definition) is 0. The molecule has 0 saturated carbocycles. The smallest absolute Gasteiger partial charge is 0.285 e. The molecule has 8 heteroatoms. The van der Waals surface area contributed by atoms with Crippen LogP contribution in [0.25, 0.3) is 0 Å². The van der Waals surface area contributed by atoms with E-state index in [0.29, 0.717) is 31.0 Å². The summed E-state index contributed by atoms with van der Waals surface area (Å²) in [5, 5.41) is 13.3. The Bertz CT molecular complexity index is 963. The fourth-order valence-corrected chi connectivity index (χ4v) is 2.99. The number of morpholine rings is 1. The average Bonchev–Trinajstić information content (AvgIpc) is 2.67. The van der Waals surface area contributed by atoms with E-state index >= 15 is 0 Å². The number of aryl methyl sites for hydroxylation is 1. The van der Waals surface area contributed by atoms with Gasteiger partial charge in [-0.25, -0.2) is 9.07 Å². The molecule has 0 radical (unpaired) electrons. The van der Waals surface area contributed by atoms with Gasteiger partial charge in [-0.2, -0.15) is 10.4 Å². The van der Waals surface area contributed by atoms with Crippen molar-refractivity contribution in [1.29, 1.82) is 5.26 Å². The molecule has 1 unspecified atom stereocenters. The van der Waals surface area contributed by atoms with Crippen molar-refractivity contribution in [2.75, 3.05) is 19.7 Å². The Morgan fingerprint density at radius 2 is 2.07 bits per heavy atom. The third-order valence-electron chi connectivity index (χ3n) is 4.69. The Balaban J connectivity index is 1.77. The summed E-state index contributed by atoms with van der Waals surface area (Å²) in [7, 11) is 0. The molecule has 0 aliphatic carbocycles. The molecule has 1 fully saturated rings. The van der Waals surface area contributed by atoms with E-state index in [9.17, 15) is 19.2 Å². The van der Waals surface area contributed by atoms with Gasteiger partial charge in [0.1, 0.15) is 30.1 Å². The Morgan fingerprint density at radius 3 is 2.74 bits per heavy atom. The zero-order valence-corrected chi connectivity index (χ0v) is 15.1. The van der Waals surface area contributed by atoms with Crippen LogP contribution in [0.1, 0.15) is 28.5 Å². The van der Waals surface area contributed by atoms with E-state index in [1.807, 2.05) is 6.07 Å². The van der Waals surface area contributed by atoms with Crippen LogP contribution in [0, 0.1) is 31.0 Å². The second kappa shape index (κ2) is 7.68. The normalized spacial score (nSPS) is 16.8. The maximum absolute atomic E-state index is 13.1. The minimum atomic E-state index is -0.572. The molecule has 1 aliphatic rings. The van der Waals surface area contributed by atoms with E-state index in [1.54, 1.807) is 30.9 Å². The van der Waals surface area contributed by atoms with Gasteiger partial charge < -0.3 is 9.64 Å². The molecule has 1 aromatic carbocycles. The molecule has 2 aromatic rings. The summed E-state index contributed by atoms with van der Waals surface area (Å²) in [5.41, 5.74) is 1.26. The third-order valence-corrected chi connectivity index (χ3v) is 4.69. The van der Waals surface area contributed by atoms with Gasteiger partial charge in [0.15, 0.2) is 0 Å². The lowest BCUT2D eigenvalue weighted by molar-refractivity contribution is -0.140. The second-order valence-electron chi connectivity index (χ2n) is 6.41. The van der Waals surface area contributed by atoms with Gasteiger partial charge in [0.05, 0.1) is 18.8 Å². The van der Waals surface area contributed by atoms with Gasteiger partial charge in [-0.3, -0.25) is 9.59 Å². The maximum Gasteiger partial charge on any atom is 0.285 e. The number of nitriles is 1. The molecule has 0 bridgehead atoms. The van der Waals surface area contributed by atoms with Crippen LogP contribution in [0.15, 0.2) is 29.1 Å². The van der Waals surface area contributed by atoms with Crippen LogP contribution < -0.4 is 5.56 Å². The number of ether oxygens (including phenoxy) is 1. The molecular formula is C19H19FN4O3. The highest BCUT2D eigenvalue weighted by Gasteiger charge is 2.26. The topological polar surface area (TPSA) is 88.2 Å². The Hall–Kier alpha value is -3.05. The predicted molar refractivity (Wildman–Crippen MR) is 94.4 cm³/mol. The van der Waals surface area contributed by atoms with Crippen LogP contribution in [-0.4, -0.2) is 40.3 Å². The van der Waals surface area contributed by atoms with Gasteiger partial charge in [-0.15, -0.1) is 0 Å². The summed E-state index contributed by atoms with van der Waals surface area (Å²) in [6.07, 6.45) is -0.359. The zero-order valence-electron chi connectivity index (χ0n) is 15.1. The van der Waals surface area contributed by atoms with E-state index in [1.165, 1.54) is 12.1 Å². The van der Waals surface area contributed by atoms with Gasteiger partial charge in [0.25, 0.3) is 5.56 Å². The minimum absolute atomic E-state index is 0.00136. The van der Waals surface area contributed by atoms with Gasteiger partial charge in [-0.05, 0) is 37.1 Å². The summed E-state index contributed by atoms with van der Waals surface area (Å²) >= 11 is 0. The van der Waals surface area contributed by atoms with E-state index in [-0.39, 0.29) is 29.9 Å². The van der Waals surface area contributed by atoms with Gasteiger partial charge >= 0.3 is 0 Å². The first kappa shape index (κ1) is 18.7. The highest BCUT2D eigenvalue weighted by atomic mass is 19.1. The number of carbonyl (C=O) groups is 1. The minimum Gasteiger partial charge on any atom is -0.370 e. The quantitative estimate of drug-likeness (QED) is 0.816. The van der Waals surface area contributed by atoms with Crippen LogP contribution in [0.5, 0.6) is 0 Å². The van der Waals surface area contributed by atoms with Crippen molar-refractivity contribution in [3.8, 4) is 6.07 Å². The zero-order chi connectivity index (χ0) is 19.6. The van der Waals surface area contributed by atoms with E-state index < -0.39 is 5.56 Å². The molecule has 140 valence electrons. The number of amides is 1. The number of aromatic nitrogens is 2. The van der Waals surface area contributed by atoms with Crippen molar-refractivity contribution in [3.63, 3.8) is 0 Å². The number of halogens is 1. The van der Waals surface area contributed by atoms with E-state index in [4.69, 9.17) is 4.74 Å². The lowest BCUT2D eigenvalue weighted by Crippen LogP contribution is -2.45. The monoisotopic (exact) mass is 370 g/mol. The highest BCUT2D eigenvalue weighted by Crippen LogP contribution is 2.22. The van der Waals surface area contributed by atoms with Gasteiger partial charge in [0.2, 0.25) is 5.91 Å². The van der Waals surface area contributed by atoms with Crippen LogP contribution in [-0.2, 0) is 16.1 Å². The molecule has 1 saturated heterocycles. The molecule has 7 nitrogen and oxygen atoms in total. The van der Waals surface area contributed by atoms with Crippen LogP contribution in [0.3, 0.4) is 0 Å². The van der Waals surface area contributed by atoms with Gasteiger partial charge in [0, 0.05) is 6.54 Å². The fraction of sp³-hybridized carbons (Fsp3) is 0.368. The summed E-state index contributed by atoms with van der Waals surface area (Å²) in [6, 6.07) is 7.83. The number of carbonyl (C=O) groups excluding carboxylic acids is 1. The molecule has 1 amide bonds. The predicted octanol–water partition coefficient (Wildman–Crippen LogP) is 1.47. The second-order valence-corrected chi connectivity index (χ2v) is 6.41. The standard InChI is InChI=1S/C19H19FN4O3/c1-12-13(2)22-24(19(26)16(12)9-21)11-18(25)23-7-8-27-17(10-23)14-3-5-15(20)6-4-14/h3-6,17H,7-8,10-11H2,1-2H3. The molecule has 2 heterocycles. The summed E-state index contributed by atoms with van der Waals surface area (Å²) in [5.74, 6) is -0.622. The SMILES string of the molecule is Cc1nn(CC(=O)N2CCOC(c3ccc(F)cc3)C2)c(=O)c(C#N)c1C. The fourth-order valence-electron chi connectivity index (χ4n) is 2.99. The first-order valence-corrected chi connectivity index (χ1v) is 8.54. The van der Waals surface area contributed by atoms with Gasteiger partial charge in [-0.1, -0.05) is 12.1 Å². The largest absolute Gasteiger partial charge is 0.370 e. The number of rotatable bonds is 3. The van der Waals surface area contributed by atoms with E-state index in [0.717, 1.165) is 10.2 Å². The maximum atomic E-state index is 13.1. The van der Waals surface area contributed by atoms with Crippen LogP contribution in [0.4, 0.5) is 4.39 Å². The summed E-state index contributed by atoms with van der Waals surface area (Å²) in [4.78, 5) is 26.6. The molecule has 0 spiro atoms. The first-order valence-electron chi connectivity index (χ1n) is 8.54. The number of hydrogen-bond acceptors (Lipinski definition) is 5. The van der Waals surface area contributed by atoms with Crippen molar-refractivity contribution in [1.82, 2.24) is 14.7 Å². The van der Waals surface area contributed by atoms with Crippen molar-refractivity contribution in [2.24, 2.45) is 0 Å². The van der Waals surface area contributed by atoms with Crippen molar-refractivity contribution >= 4 is 5.91 Å². The lowest BCUT2D eigenvalue weighted by Gasteiger charge is -2.33. The molecule has 0 N–H and O–H groups in total. The lowest BCUT2D eigenvalue weighted by atomic mass is 10.1. The molecule has 1 aromatic heterocycles. The number of benzene rings is 1. The van der Waals surface area contributed by atoms with Crippen LogP contribution in [0.2, 0.25) is 0 Å². The van der Waals surface area contributed by atoms with E-state index in [2.05, 4.69) is 5.10 Å². The Morgan fingerprint density at radius 1 is 1.37 bits per heavy atom. The van der Waals surface area contributed by atoms with Crippen LogP contribution >= 0.6 is 0 Å². The molecular weight excluding hydrogens is 351 g/mol. The molecule has 1 aliphatic heterocycles. The molecule has 27 heavy (non-hydrogen) atoms. The van der Waals surface area contributed by atoms with Crippen molar-refractivity contribution in [3.05, 3.63) is 62.8 Å². The molecule has 1 atom stereocenters. The Labute approximate surface area is 155 Å². The molecule has 3 rings (SSSR count). The average molecular weight is 370 g/mol. The highest BCUT2D eigenvalue weighted by molar-refractivity contribution is 5.76. The Kier molecular flexibility index (Phi) is 5.33.